The first-order chi connectivity index (χ1) is 12.1. The van der Waals surface area contributed by atoms with E-state index in [1.165, 1.54) is 13.2 Å². The normalized spacial score (nSPS) is 10.4. The highest BCUT2D eigenvalue weighted by Crippen LogP contribution is 2.23. The van der Waals surface area contributed by atoms with Gasteiger partial charge < -0.3 is 19.5 Å². The molecule has 0 saturated heterocycles. The van der Waals surface area contributed by atoms with E-state index in [4.69, 9.17) is 8.83 Å². The van der Waals surface area contributed by atoms with Gasteiger partial charge in [-0.25, -0.2) is 0 Å². The molecule has 0 aliphatic rings. The minimum Gasteiger partial charge on any atom is -0.459 e. The van der Waals surface area contributed by atoms with Crippen LogP contribution in [-0.2, 0) is 9.59 Å². The number of aromatic nitrogens is 2. The van der Waals surface area contributed by atoms with Crippen LogP contribution in [0.25, 0.3) is 11.7 Å². The second kappa shape index (κ2) is 7.67. The molecule has 0 bridgehead atoms. The topological polar surface area (TPSA) is 110 Å². The van der Waals surface area contributed by atoms with E-state index in [0.717, 1.165) is 11.8 Å². The number of furan rings is 1. The fraction of sp³-hybridized carbons (Fsp3) is 0.125. The van der Waals surface area contributed by atoms with E-state index in [2.05, 4.69) is 20.8 Å². The van der Waals surface area contributed by atoms with Gasteiger partial charge in [0.1, 0.15) is 0 Å². The first-order valence-corrected chi connectivity index (χ1v) is 8.26. The van der Waals surface area contributed by atoms with Crippen molar-refractivity contribution in [2.24, 2.45) is 0 Å². The summed E-state index contributed by atoms with van der Waals surface area (Å²) >= 11 is 1.12. The highest BCUT2D eigenvalue weighted by molar-refractivity contribution is 7.99. The summed E-state index contributed by atoms with van der Waals surface area (Å²) in [7, 11) is 0. The third kappa shape index (κ3) is 4.70. The SMILES string of the molecule is CC(=O)Nc1cccc(NC(=O)CSc2nnc(-c3ccco3)o2)c1. The first-order valence-electron chi connectivity index (χ1n) is 7.28. The largest absolute Gasteiger partial charge is 0.459 e. The lowest BCUT2D eigenvalue weighted by molar-refractivity contribution is -0.114. The van der Waals surface area contributed by atoms with Crippen molar-refractivity contribution in [3.63, 3.8) is 0 Å². The molecule has 2 heterocycles. The number of carbonyl (C=O) groups is 2. The third-order valence-electron chi connectivity index (χ3n) is 2.93. The summed E-state index contributed by atoms with van der Waals surface area (Å²) in [5.74, 6) is 0.421. The monoisotopic (exact) mass is 358 g/mol. The summed E-state index contributed by atoms with van der Waals surface area (Å²) in [6.07, 6.45) is 1.51. The summed E-state index contributed by atoms with van der Waals surface area (Å²) in [6.45, 7) is 1.42. The van der Waals surface area contributed by atoms with Gasteiger partial charge in [-0.05, 0) is 30.3 Å². The highest BCUT2D eigenvalue weighted by atomic mass is 32.2. The fourth-order valence-corrected chi connectivity index (χ4v) is 2.53. The van der Waals surface area contributed by atoms with Crippen LogP contribution in [0.5, 0.6) is 0 Å². The molecule has 0 spiro atoms. The quantitative estimate of drug-likeness (QED) is 0.652. The van der Waals surface area contributed by atoms with Crippen LogP contribution in [0.3, 0.4) is 0 Å². The highest BCUT2D eigenvalue weighted by Gasteiger charge is 2.13. The first kappa shape index (κ1) is 16.8. The molecule has 8 nitrogen and oxygen atoms in total. The summed E-state index contributed by atoms with van der Waals surface area (Å²) in [5.41, 5.74) is 1.19. The molecule has 2 aromatic heterocycles. The van der Waals surface area contributed by atoms with Gasteiger partial charge in [-0.15, -0.1) is 10.2 Å². The van der Waals surface area contributed by atoms with Crippen molar-refractivity contribution in [3.05, 3.63) is 42.7 Å². The van der Waals surface area contributed by atoms with Gasteiger partial charge >= 0.3 is 0 Å². The van der Waals surface area contributed by atoms with E-state index in [9.17, 15) is 9.59 Å². The average Bonchev–Trinajstić information content (AvgIpc) is 3.24. The lowest BCUT2D eigenvalue weighted by atomic mass is 10.2. The molecule has 0 unspecified atom stereocenters. The Hall–Kier alpha value is -3.07. The average molecular weight is 358 g/mol. The van der Waals surface area contributed by atoms with Crippen molar-refractivity contribution in [1.82, 2.24) is 10.2 Å². The van der Waals surface area contributed by atoms with Crippen molar-refractivity contribution in [2.75, 3.05) is 16.4 Å². The maximum atomic E-state index is 12.0. The molecular weight excluding hydrogens is 344 g/mol. The number of benzene rings is 1. The van der Waals surface area contributed by atoms with Crippen LogP contribution in [0.2, 0.25) is 0 Å². The van der Waals surface area contributed by atoms with E-state index < -0.39 is 0 Å². The van der Waals surface area contributed by atoms with E-state index in [-0.39, 0.29) is 28.7 Å². The molecule has 0 radical (unpaired) electrons. The smallest absolute Gasteiger partial charge is 0.284 e. The summed E-state index contributed by atoms with van der Waals surface area (Å²) < 4.78 is 10.6. The Labute approximate surface area is 147 Å². The molecule has 0 saturated carbocycles. The van der Waals surface area contributed by atoms with Crippen LogP contribution in [0.4, 0.5) is 11.4 Å². The zero-order chi connectivity index (χ0) is 17.6. The number of thioether (sulfide) groups is 1. The Kier molecular flexibility index (Phi) is 5.14. The molecule has 128 valence electrons. The minimum absolute atomic E-state index is 0.101. The van der Waals surface area contributed by atoms with Gasteiger partial charge in [0, 0.05) is 18.3 Å². The van der Waals surface area contributed by atoms with Gasteiger partial charge in [-0.1, -0.05) is 17.8 Å². The fourth-order valence-electron chi connectivity index (χ4n) is 1.97. The van der Waals surface area contributed by atoms with Crippen molar-refractivity contribution in [3.8, 4) is 11.7 Å². The number of anilines is 2. The Morgan fingerprint density at radius 2 is 1.92 bits per heavy atom. The van der Waals surface area contributed by atoms with Crippen LogP contribution in [0.1, 0.15) is 6.92 Å². The molecule has 2 N–H and O–H groups in total. The molecule has 1 aromatic carbocycles. The van der Waals surface area contributed by atoms with Gasteiger partial charge in [-0.2, -0.15) is 0 Å². The van der Waals surface area contributed by atoms with Crippen LogP contribution < -0.4 is 10.6 Å². The summed E-state index contributed by atoms with van der Waals surface area (Å²) in [5, 5.41) is 13.4. The molecule has 3 rings (SSSR count). The molecule has 0 atom stereocenters. The maximum absolute atomic E-state index is 12.0. The molecular formula is C16H14N4O4S. The molecule has 2 amide bonds. The zero-order valence-electron chi connectivity index (χ0n) is 13.2. The predicted octanol–water partition coefficient (Wildman–Crippen LogP) is 3.02. The summed E-state index contributed by atoms with van der Waals surface area (Å²) in [6, 6.07) is 10.3. The second-order valence-electron chi connectivity index (χ2n) is 4.95. The van der Waals surface area contributed by atoms with Gasteiger partial charge in [0.15, 0.2) is 5.76 Å². The van der Waals surface area contributed by atoms with Gasteiger partial charge in [0.2, 0.25) is 11.8 Å². The molecule has 25 heavy (non-hydrogen) atoms. The summed E-state index contributed by atoms with van der Waals surface area (Å²) in [4.78, 5) is 23.1. The van der Waals surface area contributed by atoms with Crippen LogP contribution in [0, 0.1) is 0 Å². The number of hydrogen-bond acceptors (Lipinski definition) is 7. The van der Waals surface area contributed by atoms with E-state index in [1.54, 1.807) is 36.4 Å². The van der Waals surface area contributed by atoms with Gasteiger partial charge in [0.25, 0.3) is 11.1 Å². The van der Waals surface area contributed by atoms with Gasteiger partial charge in [0.05, 0.1) is 12.0 Å². The van der Waals surface area contributed by atoms with E-state index in [1.807, 2.05) is 0 Å². The number of nitrogens with zero attached hydrogens (tertiary/aromatic N) is 2. The van der Waals surface area contributed by atoms with Crippen molar-refractivity contribution in [2.45, 2.75) is 12.1 Å². The second-order valence-corrected chi connectivity index (χ2v) is 5.88. The Bertz CT molecular complexity index is 876. The zero-order valence-corrected chi connectivity index (χ0v) is 14.0. The molecule has 3 aromatic rings. The van der Waals surface area contributed by atoms with Crippen molar-refractivity contribution >= 4 is 35.0 Å². The van der Waals surface area contributed by atoms with Crippen LogP contribution >= 0.6 is 11.8 Å². The minimum atomic E-state index is -0.234. The van der Waals surface area contributed by atoms with Crippen molar-refractivity contribution < 1.29 is 18.4 Å². The number of carbonyl (C=O) groups excluding carboxylic acids is 2. The third-order valence-corrected chi connectivity index (χ3v) is 3.75. The van der Waals surface area contributed by atoms with E-state index in [0.29, 0.717) is 17.1 Å². The Morgan fingerprint density at radius 1 is 1.12 bits per heavy atom. The number of rotatable bonds is 6. The molecule has 0 aliphatic carbocycles. The van der Waals surface area contributed by atoms with Crippen molar-refractivity contribution in [1.29, 1.82) is 0 Å². The number of nitrogens with one attached hydrogen (secondary N) is 2. The Balaban J connectivity index is 1.54. The number of hydrogen-bond donors (Lipinski definition) is 2. The lowest BCUT2D eigenvalue weighted by Gasteiger charge is -2.07. The Morgan fingerprint density at radius 3 is 2.64 bits per heavy atom. The van der Waals surface area contributed by atoms with E-state index >= 15 is 0 Å². The lowest BCUT2D eigenvalue weighted by Crippen LogP contribution is -2.14. The molecule has 0 aliphatic heterocycles. The van der Waals surface area contributed by atoms with Crippen LogP contribution in [-0.4, -0.2) is 27.8 Å². The van der Waals surface area contributed by atoms with Gasteiger partial charge in [-0.3, -0.25) is 9.59 Å². The molecule has 0 fully saturated rings. The standard InChI is InChI=1S/C16H14N4O4S/c1-10(21)17-11-4-2-5-12(8-11)18-14(22)9-25-16-20-19-15(24-16)13-6-3-7-23-13/h2-8H,9H2,1H3,(H,17,21)(H,18,22). The predicted molar refractivity (Wildman–Crippen MR) is 92.1 cm³/mol. The number of amides is 2. The van der Waals surface area contributed by atoms with Crippen LogP contribution in [0.15, 0.2) is 56.7 Å². The molecule has 9 heteroatoms. The maximum Gasteiger partial charge on any atom is 0.284 e.